The minimum Gasteiger partial charge on any atom is -0.341 e. The smallest absolute Gasteiger partial charge is 0.341 e. The van der Waals surface area contributed by atoms with Crippen molar-refractivity contribution in [3.63, 3.8) is 0 Å². The number of alkyl halides is 3. The maximum atomic E-state index is 12.6. The lowest BCUT2D eigenvalue weighted by Crippen LogP contribution is -2.42. The fourth-order valence-corrected chi connectivity index (χ4v) is 2.93. The van der Waals surface area contributed by atoms with Crippen molar-refractivity contribution in [2.24, 2.45) is 0 Å². The predicted molar refractivity (Wildman–Crippen MR) is 109 cm³/mol. The molecular weight excluding hydrogens is 395 g/mol. The van der Waals surface area contributed by atoms with Gasteiger partial charge in [0.05, 0.1) is 5.56 Å². The molecule has 0 fully saturated rings. The summed E-state index contributed by atoms with van der Waals surface area (Å²) in [5.41, 5.74) is 1.01. The average molecular weight is 421 g/mol. The van der Waals surface area contributed by atoms with Crippen molar-refractivity contribution in [1.82, 2.24) is 15.5 Å². The molecule has 0 bridgehead atoms. The van der Waals surface area contributed by atoms with E-state index in [4.69, 9.17) is 0 Å². The van der Waals surface area contributed by atoms with Crippen molar-refractivity contribution in [3.05, 3.63) is 71.3 Å². The Morgan fingerprint density at radius 1 is 1.00 bits per heavy atom. The molecule has 3 amide bonds. The fraction of sp³-hybridized carbons (Fsp3) is 0.364. The van der Waals surface area contributed by atoms with Gasteiger partial charge in [-0.15, -0.1) is 0 Å². The van der Waals surface area contributed by atoms with Crippen LogP contribution < -0.4 is 10.6 Å². The number of carbonyl (C=O) groups is 2. The second-order valence-electron chi connectivity index (χ2n) is 7.19. The van der Waals surface area contributed by atoms with E-state index in [9.17, 15) is 22.8 Å². The summed E-state index contributed by atoms with van der Waals surface area (Å²) in [5.74, 6) is -0.0862. The van der Waals surface area contributed by atoms with Crippen LogP contribution in [0.3, 0.4) is 0 Å². The van der Waals surface area contributed by atoms with Crippen LogP contribution in [-0.2, 0) is 23.9 Å². The van der Waals surface area contributed by atoms with Crippen LogP contribution in [0.2, 0.25) is 0 Å². The summed E-state index contributed by atoms with van der Waals surface area (Å²) >= 11 is 0. The van der Waals surface area contributed by atoms with E-state index in [1.54, 1.807) is 18.9 Å². The highest BCUT2D eigenvalue weighted by Crippen LogP contribution is 2.29. The number of nitrogens with zero attached hydrogens (tertiary/aromatic N) is 1. The zero-order chi connectivity index (χ0) is 22.1. The van der Waals surface area contributed by atoms with Gasteiger partial charge < -0.3 is 15.5 Å². The van der Waals surface area contributed by atoms with Crippen LogP contribution in [-0.4, -0.2) is 36.5 Å². The summed E-state index contributed by atoms with van der Waals surface area (Å²) in [5, 5.41) is 5.35. The number of hydrogen-bond donors (Lipinski definition) is 2. The molecular formula is C22H26F3N3O2. The first-order chi connectivity index (χ1) is 14.1. The van der Waals surface area contributed by atoms with Gasteiger partial charge in [-0.25, -0.2) is 4.79 Å². The van der Waals surface area contributed by atoms with Crippen molar-refractivity contribution < 1.29 is 22.8 Å². The zero-order valence-corrected chi connectivity index (χ0v) is 17.0. The van der Waals surface area contributed by atoms with Crippen molar-refractivity contribution in [2.75, 3.05) is 13.6 Å². The summed E-state index contributed by atoms with van der Waals surface area (Å²) in [6.45, 7) is 2.45. The lowest BCUT2D eigenvalue weighted by molar-refractivity contribution is -0.137. The second-order valence-corrected chi connectivity index (χ2v) is 7.19. The number of hydrogen-bond acceptors (Lipinski definition) is 2. The average Bonchev–Trinajstić information content (AvgIpc) is 2.68. The molecule has 0 radical (unpaired) electrons. The van der Waals surface area contributed by atoms with Crippen molar-refractivity contribution in [1.29, 1.82) is 0 Å². The minimum absolute atomic E-state index is 0.0862. The summed E-state index contributed by atoms with van der Waals surface area (Å²) < 4.78 is 37.8. The number of halogens is 3. The Balaban J connectivity index is 1.69. The number of carbonyl (C=O) groups excluding carboxylic acids is 2. The molecule has 0 aliphatic carbocycles. The number of amides is 3. The van der Waals surface area contributed by atoms with Gasteiger partial charge in [-0.05, 0) is 36.6 Å². The Morgan fingerprint density at radius 3 is 2.23 bits per heavy atom. The minimum atomic E-state index is -4.37. The molecule has 0 spiro atoms. The normalized spacial score (nSPS) is 12.2. The molecule has 1 unspecified atom stereocenters. The number of urea groups is 1. The third kappa shape index (κ3) is 7.77. The Hall–Kier alpha value is -3.03. The first-order valence-electron chi connectivity index (χ1n) is 9.63. The van der Waals surface area contributed by atoms with Crippen LogP contribution in [0.15, 0.2) is 54.6 Å². The first-order valence-corrected chi connectivity index (χ1v) is 9.63. The maximum absolute atomic E-state index is 12.6. The zero-order valence-electron chi connectivity index (χ0n) is 17.0. The van der Waals surface area contributed by atoms with Crippen LogP contribution in [0.5, 0.6) is 0 Å². The highest BCUT2D eigenvalue weighted by Gasteiger charge is 2.29. The van der Waals surface area contributed by atoms with Gasteiger partial charge in [0.15, 0.2) is 0 Å². The largest absolute Gasteiger partial charge is 0.416 e. The summed E-state index contributed by atoms with van der Waals surface area (Å²) in [7, 11) is 1.71. The van der Waals surface area contributed by atoms with Crippen molar-refractivity contribution in [2.45, 2.75) is 38.5 Å². The highest BCUT2D eigenvalue weighted by atomic mass is 19.4. The van der Waals surface area contributed by atoms with Gasteiger partial charge in [0.25, 0.3) is 0 Å². The molecule has 1 atom stereocenters. The molecule has 2 aromatic rings. The summed E-state index contributed by atoms with van der Waals surface area (Å²) in [6, 6.07) is 13.8. The van der Waals surface area contributed by atoms with Crippen LogP contribution >= 0.6 is 0 Å². The maximum Gasteiger partial charge on any atom is 0.416 e. The van der Waals surface area contributed by atoms with Gasteiger partial charge in [-0.1, -0.05) is 42.5 Å². The standard InChI is InChI=1S/C22H26F3N3O2/c1-16(14-17-8-10-19(11-9-17)22(23,24)25)27-21(30)26-13-12-20(29)28(2)15-18-6-4-3-5-7-18/h3-11,16H,12-15H2,1-2H3,(H2,26,27,30). The van der Waals surface area contributed by atoms with Gasteiger partial charge in [-0.3, -0.25) is 4.79 Å². The van der Waals surface area contributed by atoms with Gasteiger partial charge in [-0.2, -0.15) is 13.2 Å². The van der Waals surface area contributed by atoms with E-state index in [1.165, 1.54) is 12.1 Å². The SMILES string of the molecule is CC(Cc1ccc(C(F)(F)F)cc1)NC(=O)NCCC(=O)N(C)Cc1ccccc1. The van der Waals surface area contributed by atoms with E-state index in [-0.39, 0.29) is 24.9 Å². The van der Waals surface area contributed by atoms with Gasteiger partial charge >= 0.3 is 12.2 Å². The number of nitrogens with one attached hydrogen (secondary N) is 2. The highest BCUT2D eigenvalue weighted by molar-refractivity contribution is 5.78. The Bertz CT molecular complexity index is 824. The molecule has 0 aromatic heterocycles. The monoisotopic (exact) mass is 421 g/mol. The van der Waals surface area contributed by atoms with E-state index in [0.717, 1.165) is 17.7 Å². The van der Waals surface area contributed by atoms with Crippen LogP contribution in [0.1, 0.15) is 30.0 Å². The van der Waals surface area contributed by atoms with E-state index in [2.05, 4.69) is 10.6 Å². The molecule has 0 heterocycles. The first kappa shape index (κ1) is 23.3. The molecule has 0 aliphatic heterocycles. The van der Waals surface area contributed by atoms with Crippen molar-refractivity contribution in [3.8, 4) is 0 Å². The third-order valence-corrected chi connectivity index (χ3v) is 4.51. The molecule has 162 valence electrons. The predicted octanol–water partition coefficient (Wildman–Crippen LogP) is 3.98. The van der Waals surface area contributed by atoms with E-state index < -0.39 is 17.8 Å². The van der Waals surface area contributed by atoms with E-state index in [1.807, 2.05) is 30.3 Å². The quantitative estimate of drug-likeness (QED) is 0.677. The topological polar surface area (TPSA) is 61.4 Å². The Morgan fingerprint density at radius 2 is 1.63 bits per heavy atom. The Kier molecular flexibility index (Phi) is 8.26. The fourth-order valence-electron chi connectivity index (χ4n) is 2.93. The third-order valence-electron chi connectivity index (χ3n) is 4.51. The van der Waals surface area contributed by atoms with Gasteiger partial charge in [0, 0.05) is 32.6 Å². The molecule has 2 N–H and O–H groups in total. The molecule has 5 nitrogen and oxygen atoms in total. The molecule has 2 rings (SSSR count). The van der Waals surface area contributed by atoms with E-state index >= 15 is 0 Å². The van der Waals surface area contributed by atoms with Crippen molar-refractivity contribution >= 4 is 11.9 Å². The van der Waals surface area contributed by atoms with E-state index in [0.29, 0.717) is 18.5 Å². The van der Waals surface area contributed by atoms with Crippen LogP contribution in [0.4, 0.5) is 18.0 Å². The second kappa shape index (κ2) is 10.7. The molecule has 0 saturated carbocycles. The lowest BCUT2D eigenvalue weighted by Gasteiger charge is -2.18. The van der Waals surface area contributed by atoms with Crippen LogP contribution in [0.25, 0.3) is 0 Å². The summed E-state index contributed by atoms with van der Waals surface area (Å²) in [6.07, 6.45) is -3.80. The lowest BCUT2D eigenvalue weighted by atomic mass is 10.1. The van der Waals surface area contributed by atoms with Crippen LogP contribution in [0, 0.1) is 0 Å². The van der Waals surface area contributed by atoms with Gasteiger partial charge in [0.2, 0.25) is 5.91 Å². The van der Waals surface area contributed by atoms with Gasteiger partial charge in [0.1, 0.15) is 0 Å². The number of benzene rings is 2. The molecule has 30 heavy (non-hydrogen) atoms. The molecule has 8 heteroatoms. The molecule has 2 aromatic carbocycles. The molecule has 0 aliphatic rings. The number of rotatable bonds is 8. The molecule has 0 saturated heterocycles. The summed E-state index contributed by atoms with van der Waals surface area (Å²) in [4.78, 5) is 25.7. The Labute approximate surface area is 174 Å².